The lowest BCUT2D eigenvalue weighted by Crippen LogP contribution is -2.30. The Hall–Kier alpha value is -2.51. The van der Waals surface area contributed by atoms with Gasteiger partial charge < -0.3 is 10.1 Å². The number of hydrogen-bond donors (Lipinski definition) is 1. The number of para-hydroxylation sites is 1. The smallest absolute Gasteiger partial charge is 0.265 e. The van der Waals surface area contributed by atoms with E-state index in [1.165, 1.54) is 0 Å². The normalized spacial score (nSPS) is 11.3. The van der Waals surface area contributed by atoms with Crippen molar-refractivity contribution in [3.05, 3.63) is 59.1 Å². The molecule has 2 rings (SSSR count). The number of nitrogens with zero attached hydrogens (tertiary/aromatic N) is 1. The maximum Gasteiger partial charge on any atom is 0.265 e. The Balaban J connectivity index is 2.08. The van der Waals surface area contributed by atoms with Crippen molar-refractivity contribution in [2.45, 2.75) is 13.0 Å². The first-order valence-corrected chi connectivity index (χ1v) is 6.71. The van der Waals surface area contributed by atoms with Gasteiger partial charge in [-0.2, -0.15) is 5.26 Å². The summed E-state index contributed by atoms with van der Waals surface area (Å²) in [6.07, 6.45) is -0.754. The summed E-state index contributed by atoms with van der Waals surface area (Å²) in [5.41, 5.74) is 0.906. The van der Waals surface area contributed by atoms with Crippen molar-refractivity contribution in [3.8, 4) is 11.8 Å². The van der Waals surface area contributed by atoms with Crippen molar-refractivity contribution in [1.29, 1.82) is 5.26 Å². The van der Waals surface area contributed by atoms with Gasteiger partial charge in [-0.1, -0.05) is 35.9 Å². The molecule has 0 saturated heterocycles. The molecule has 1 atom stereocenters. The van der Waals surface area contributed by atoms with Gasteiger partial charge in [-0.15, -0.1) is 0 Å². The molecule has 0 aliphatic carbocycles. The van der Waals surface area contributed by atoms with Crippen molar-refractivity contribution in [2.24, 2.45) is 0 Å². The number of halogens is 1. The van der Waals surface area contributed by atoms with Crippen LogP contribution in [-0.4, -0.2) is 12.0 Å². The lowest BCUT2D eigenvalue weighted by atomic mass is 10.2. The SMILES string of the molecule is CC(Oc1cccc(Cl)c1C#N)C(=O)Nc1ccccc1. The van der Waals surface area contributed by atoms with Crippen LogP contribution in [0.1, 0.15) is 12.5 Å². The minimum absolute atomic E-state index is 0.221. The van der Waals surface area contributed by atoms with E-state index in [4.69, 9.17) is 21.6 Å². The summed E-state index contributed by atoms with van der Waals surface area (Å²) in [4.78, 5) is 12.0. The van der Waals surface area contributed by atoms with Crippen molar-refractivity contribution in [2.75, 3.05) is 5.32 Å². The second-order valence-corrected chi connectivity index (χ2v) is 4.75. The molecule has 0 aromatic heterocycles. The van der Waals surface area contributed by atoms with E-state index in [0.29, 0.717) is 16.5 Å². The highest BCUT2D eigenvalue weighted by atomic mass is 35.5. The summed E-state index contributed by atoms with van der Waals surface area (Å²) in [5, 5.41) is 12.1. The fraction of sp³-hybridized carbons (Fsp3) is 0.125. The van der Waals surface area contributed by atoms with Gasteiger partial charge in [0.1, 0.15) is 17.4 Å². The van der Waals surface area contributed by atoms with Crippen LogP contribution in [0.2, 0.25) is 5.02 Å². The van der Waals surface area contributed by atoms with Gasteiger partial charge in [0.05, 0.1) is 5.02 Å². The minimum atomic E-state index is -0.754. The van der Waals surface area contributed by atoms with Crippen LogP contribution in [0, 0.1) is 11.3 Å². The largest absolute Gasteiger partial charge is 0.479 e. The number of benzene rings is 2. The van der Waals surface area contributed by atoms with Gasteiger partial charge in [0.15, 0.2) is 6.10 Å². The van der Waals surface area contributed by atoms with Crippen molar-refractivity contribution < 1.29 is 9.53 Å². The van der Waals surface area contributed by atoms with Crippen LogP contribution in [0.4, 0.5) is 5.69 Å². The molecular weight excluding hydrogens is 288 g/mol. The van der Waals surface area contributed by atoms with E-state index in [0.717, 1.165) is 0 Å². The lowest BCUT2D eigenvalue weighted by molar-refractivity contribution is -0.122. The third-order valence-corrected chi connectivity index (χ3v) is 3.12. The Morgan fingerprint density at radius 2 is 1.95 bits per heavy atom. The number of carbonyl (C=O) groups is 1. The number of rotatable bonds is 4. The zero-order valence-corrected chi connectivity index (χ0v) is 12.1. The summed E-state index contributed by atoms with van der Waals surface area (Å²) in [7, 11) is 0. The molecule has 1 amide bonds. The second-order valence-electron chi connectivity index (χ2n) is 4.34. The van der Waals surface area contributed by atoms with E-state index in [9.17, 15) is 4.79 Å². The Bertz CT molecular complexity index is 680. The molecule has 0 radical (unpaired) electrons. The molecule has 5 heteroatoms. The zero-order chi connectivity index (χ0) is 15.2. The van der Waals surface area contributed by atoms with Crippen LogP contribution in [-0.2, 0) is 4.79 Å². The van der Waals surface area contributed by atoms with Crippen LogP contribution in [0.25, 0.3) is 0 Å². The predicted octanol–water partition coefficient (Wildman–Crippen LogP) is 3.62. The topological polar surface area (TPSA) is 62.1 Å². The number of hydrogen-bond acceptors (Lipinski definition) is 3. The number of nitriles is 1. The highest BCUT2D eigenvalue weighted by molar-refractivity contribution is 6.31. The average Bonchev–Trinajstić information content (AvgIpc) is 2.48. The zero-order valence-electron chi connectivity index (χ0n) is 11.3. The van der Waals surface area contributed by atoms with Crippen LogP contribution in [0.5, 0.6) is 5.75 Å². The molecule has 0 bridgehead atoms. The third-order valence-electron chi connectivity index (χ3n) is 2.80. The van der Waals surface area contributed by atoms with E-state index in [1.807, 2.05) is 24.3 Å². The van der Waals surface area contributed by atoms with Crippen LogP contribution in [0.15, 0.2) is 48.5 Å². The van der Waals surface area contributed by atoms with Crippen molar-refractivity contribution in [1.82, 2.24) is 0 Å². The molecule has 1 N–H and O–H groups in total. The van der Waals surface area contributed by atoms with Crippen LogP contribution < -0.4 is 10.1 Å². The number of amides is 1. The molecule has 0 heterocycles. The quantitative estimate of drug-likeness (QED) is 0.938. The van der Waals surface area contributed by atoms with E-state index in [1.54, 1.807) is 37.3 Å². The van der Waals surface area contributed by atoms with Gasteiger partial charge in [-0.3, -0.25) is 4.79 Å². The monoisotopic (exact) mass is 300 g/mol. The first-order valence-electron chi connectivity index (χ1n) is 6.33. The number of anilines is 1. The molecule has 0 aliphatic heterocycles. The molecule has 21 heavy (non-hydrogen) atoms. The van der Waals surface area contributed by atoms with Gasteiger partial charge in [0.2, 0.25) is 0 Å². The van der Waals surface area contributed by atoms with Crippen LogP contribution in [0.3, 0.4) is 0 Å². The van der Waals surface area contributed by atoms with E-state index in [-0.39, 0.29) is 11.5 Å². The van der Waals surface area contributed by atoms with Gasteiger partial charge in [-0.05, 0) is 31.2 Å². The van der Waals surface area contributed by atoms with Crippen LogP contribution >= 0.6 is 11.6 Å². The Morgan fingerprint density at radius 3 is 2.62 bits per heavy atom. The summed E-state index contributed by atoms with van der Waals surface area (Å²) >= 11 is 5.92. The fourth-order valence-electron chi connectivity index (χ4n) is 1.72. The first kappa shape index (κ1) is 14.9. The number of nitrogens with one attached hydrogen (secondary N) is 1. The number of ether oxygens (including phenoxy) is 1. The molecule has 4 nitrogen and oxygen atoms in total. The molecule has 106 valence electrons. The number of carbonyl (C=O) groups excluding carboxylic acids is 1. The second kappa shape index (κ2) is 6.78. The highest BCUT2D eigenvalue weighted by Crippen LogP contribution is 2.26. The maximum absolute atomic E-state index is 12.0. The molecular formula is C16H13ClN2O2. The Kier molecular flexibility index (Phi) is 4.81. The third kappa shape index (κ3) is 3.74. The summed E-state index contributed by atoms with van der Waals surface area (Å²) in [5.74, 6) is -0.00854. The fourth-order valence-corrected chi connectivity index (χ4v) is 1.93. The van der Waals surface area contributed by atoms with E-state index >= 15 is 0 Å². The molecule has 0 fully saturated rings. The molecule has 2 aromatic rings. The standard InChI is InChI=1S/C16H13ClN2O2/c1-11(16(20)19-12-6-3-2-4-7-12)21-15-9-5-8-14(17)13(15)10-18/h2-9,11H,1H3,(H,19,20). The van der Waals surface area contributed by atoms with Gasteiger partial charge >= 0.3 is 0 Å². The van der Waals surface area contributed by atoms with Crippen molar-refractivity contribution in [3.63, 3.8) is 0 Å². The average molecular weight is 301 g/mol. The van der Waals surface area contributed by atoms with Gasteiger partial charge in [0, 0.05) is 5.69 Å². The summed E-state index contributed by atoms with van der Waals surface area (Å²) in [6.45, 7) is 1.61. The van der Waals surface area contributed by atoms with Crippen molar-refractivity contribution >= 4 is 23.2 Å². The Labute approximate surface area is 127 Å². The molecule has 0 aliphatic rings. The molecule has 0 saturated carbocycles. The Morgan fingerprint density at radius 1 is 1.24 bits per heavy atom. The van der Waals surface area contributed by atoms with Gasteiger partial charge in [0.25, 0.3) is 5.91 Å². The van der Waals surface area contributed by atoms with Gasteiger partial charge in [-0.25, -0.2) is 0 Å². The summed E-state index contributed by atoms with van der Waals surface area (Å²) in [6, 6.07) is 15.9. The molecule has 1 unspecified atom stereocenters. The molecule has 0 spiro atoms. The minimum Gasteiger partial charge on any atom is -0.479 e. The maximum atomic E-state index is 12.0. The lowest BCUT2D eigenvalue weighted by Gasteiger charge is -2.16. The summed E-state index contributed by atoms with van der Waals surface area (Å²) < 4.78 is 5.53. The molecule has 2 aromatic carbocycles. The van der Waals surface area contributed by atoms with E-state index in [2.05, 4.69) is 5.32 Å². The predicted molar refractivity (Wildman–Crippen MR) is 81.3 cm³/mol. The highest BCUT2D eigenvalue weighted by Gasteiger charge is 2.17. The van der Waals surface area contributed by atoms with E-state index < -0.39 is 6.10 Å². The first-order chi connectivity index (χ1) is 10.1.